The molecule has 1 saturated carbocycles. The van der Waals surface area contributed by atoms with Crippen LogP contribution in [0.2, 0.25) is 0 Å². The quantitative estimate of drug-likeness (QED) is 0.391. The SMILES string of the molecule is Cc1cc(-c2cnc3cc(OCCN4CCOCC4)ccn23)cc(OC(F)F)c1C(=O)CC1CC1. The Kier molecular flexibility index (Phi) is 6.97. The van der Waals surface area contributed by atoms with Gasteiger partial charge in [0.05, 0.1) is 30.7 Å². The fourth-order valence-corrected chi connectivity index (χ4v) is 4.52. The number of halogens is 2. The van der Waals surface area contributed by atoms with Crippen LogP contribution in [0.15, 0.2) is 36.7 Å². The number of rotatable bonds is 10. The summed E-state index contributed by atoms with van der Waals surface area (Å²) in [6, 6.07) is 7.04. The van der Waals surface area contributed by atoms with Crippen LogP contribution in [0.4, 0.5) is 8.78 Å². The highest BCUT2D eigenvalue weighted by Crippen LogP contribution is 2.37. The Balaban J connectivity index is 1.36. The van der Waals surface area contributed by atoms with Crippen LogP contribution < -0.4 is 9.47 Å². The average molecular weight is 486 g/mol. The van der Waals surface area contributed by atoms with Crippen molar-refractivity contribution in [1.29, 1.82) is 0 Å². The molecule has 2 fully saturated rings. The van der Waals surface area contributed by atoms with E-state index in [-0.39, 0.29) is 17.1 Å². The Morgan fingerprint density at radius 2 is 2.03 bits per heavy atom. The van der Waals surface area contributed by atoms with Gasteiger partial charge in [-0.3, -0.25) is 14.1 Å². The molecule has 5 rings (SSSR count). The number of Topliss-reactive ketones (excluding diaryl/α,β-unsaturated/α-hetero) is 1. The molecule has 1 aliphatic carbocycles. The van der Waals surface area contributed by atoms with E-state index in [0.717, 1.165) is 45.7 Å². The van der Waals surface area contributed by atoms with Gasteiger partial charge < -0.3 is 14.2 Å². The van der Waals surface area contributed by atoms with Crippen molar-refractivity contribution < 1.29 is 27.8 Å². The summed E-state index contributed by atoms with van der Waals surface area (Å²) in [6.45, 7) is 3.45. The summed E-state index contributed by atoms with van der Waals surface area (Å²) in [5.74, 6) is 0.828. The molecule has 0 unspecified atom stereocenters. The number of hydrogen-bond donors (Lipinski definition) is 0. The lowest BCUT2D eigenvalue weighted by Crippen LogP contribution is -2.38. The second-order valence-electron chi connectivity index (χ2n) is 9.15. The molecule has 0 radical (unpaired) electrons. The molecule has 0 amide bonds. The van der Waals surface area contributed by atoms with Crippen molar-refractivity contribution in [1.82, 2.24) is 14.3 Å². The van der Waals surface area contributed by atoms with Gasteiger partial charge in [0, 0.05) is 43.9 Å². The predicted molar refractivity (Wildman–Crippen MR) is 126 cm³/mol. The summed E-state index contributed by atoms with van der Waals surface area (Å²) >= 11 is 0. The summed E-state index contributed by atoms with van der Waals surface area (Å²) in [5.41, 5.74) is 2.89. The molecule has 9 heteroatoms. The number of hydrogen-bond acceptors (Lipinski definition) is 6. The fraction of sp³-hybridized carbons (Fsp3) is 0.462. The summed E-state index contributed by atoms with van der Waals surface area (Å²) < 4.78 is 44.3. The average Bonchev–Trinajstić information content (AvgIpc) is 3.54. The molecule has 0 atom stereocenters. The molecule has 0 N–H and O–H groups in total. The standard InChI is InChI=1S/C26H29F2N3O4/c1-17-12-19(14-23(35-26(27)28)25(17)22(32)13-18-2-3-18)21-16-29-24-15-20(4-5-31(21)24)34-11-8-30-6-9-33-10-7-30/h4-5,12,14-16,18,26H,2-3,6-11,13H2,1H3. The highest BCUT2D eigenvalue weighted by atomic mass is 19.3. The van der Waals surface area contributed by atoms with Crippen molar-refractivity contribution in [3.05, 3.63) is 47.8 Å². The highest BCUT2D eigenvalue weighted by Gasteiger charge is 2.28. The maximum absolute atomic E-state index is 13.2. The smallest absolute Gasteiger partial charge is 0.387 e. The third kappa shape index (κ3) is 5.62. The van der Waals surface area contributed by atoms with E-state index in [1.54, 1.807) is 13.1 Å². The van der Waals surface area contributed by atoms with Gasteiger partial charge >= 0.3 is 6.61 Å². The van der Waals surface area contributed by atoms with Gasteiger partial charge in [0.25, 0.3) is 0 Å². The Labute approximate surface area is 202 Å². The first kappa shape index (κ1) is 23.7. The Morgan fingerprint density at radius 1 is 1.23 bits per heavy atom. The number of pyridine rings is 1. The molecular formula is C26H29F2N3O4. The van der Waals surface area contributed by atoms with Gasteiger partial charge in [0.2, 0.25) is 0 Å². The van der Waals surface area contributed by atoms with Gasteiger partial charge in [-0.05, 0) is 49.4 Å². The maximum Gasteiger partial charge on any atom is 0.387 e. The zero-order valence-electron chi connectivity index (χ0n) is 19.7. The third-order valence-electron chi connectivity index (χ3n) is 6.53. The number of alkyl halides is 2. The number of carbonyl (C=O) groups excluding carboxylic acids is 1. The van der Waals surface area contributed by atoms with Gasteiger partial charge in [0.15, 0.2) is 5.78 Å². The van der Waals surface area contributed by atoms with Gasteiger partial charge in [-0.1, -0.05) is 0 Å². The number of morpholine rings is 1. The Morgan fingerprint density at radius 3 is 2.77 bits per heavy atom. The topological polar surface area (TPSA) is 65.3 Å². The third-order valence-corrected chi connectivity index (χ3v) is 6.53. The molecule has 0 bridgehead atoms. The van der Waals surface area contributed by atoms with Gasteiger partial charge in [-0.25, -0.2) is 4.98 Å². The first-order chi connectivity index (χ1) is 17.0. The number of nitrogens with zero attached hydrogens (tertiary/aromatic N) is 3. The monoisotopic (exact) mass is 485 g/mol. The van der Waals surface area contributed by atoms with Gasteiger partial charge in [-0.15, -0.1) is 0 Å². The molecule has 0 spiro atoms. The van der Waals surface area contributed by atoms with Crippen LogP contribution in [0.5, 0.6) is 11.5 Å². The second kappa shape index (κ2) is 10.3. The van der Waals surface area contributed by atoms with Crippen LogP contribution in [-0.2, 0) is 4.74 Å². The molecule has 186 valence electrons. The normalized spacial score (nSPS) is 16.7. The van der Waals surface area contributed by atoms with Crippen molar-refractivity contribution in [3.8, 4) is 22.8 Å². The minimum atomic E-state index is -3.02. The minimum absolute atomic E-state index is 0.0846. The molecule has 35 heavy (non-hydrogen) atoms. The molecule has 3 aromatic rings. The summed E-state index contributed by atoms with van der Waals surface area (Å²) in [4.78, 5) is 19.6. The molecule has 1 aliphatic heterocycles. The fourth-order valence-electron chi connectivity index (χ4n) is 4.52. The number of ketones is 1. The van der Waals surface area contributed by atoms with E-state index in [0.29, 0.717) is 47.2 Å². The highest BCUT2D eigenvalue weighted by molar-refractivity contribution is 6.01. The summed E-state index contributed by atoms with van der Waals surface area (Å²) in [7, 11) is 0. The van der Waals surface area contributed by atoms with E-state index >= 15 is 0 Å². The largest absolute Gasteiger partial charge is 0.492 e. The molecule has 3 heterocycles. The van der Waals surface area contributed by atoms with Gasteiger partial charge in [0.1, 0.15) is 23.8 Å². The first-order valence-electron chi connectivity index (χ1n) is 12.0. The lowest BCUT2D eigenvalue weighted by Gasteiger charge is -2.26. The lowest BCUT2D eigenvalue weighted by atomic mass is 9.96. The summed E-state index contributed by atoms with van der Waals surface area (Å²) in [5, 5.41) is 0. The van der Waals surface area contributed by atoms with E-state index in [9.17, 15) is 13.6 Å². The van der Waals surface area contributed by atoms with Crippen molar-refractivity contribution in [2.24, 2.45) is 5.92 Å². The number of imidazole rings is 1. The van der Waals surface area contributed by atoms with Crippen LogP contribution >= 0.6 is 0 Å². The van der Waals surface area contributed by atoms with Crippen LogP contribution in [0.25, 0.3) is 16.9 Å². The molecule has 2 aromatic heterocycles. The van der Waals surface area contributed by atoms with E-state index in [4.69, 9.17) is 14.2 Å². The molecule has 1 saturated heterocycles. The number of carbonyl (C=O) groups is 1. The number of aryl methyl sites for hydroxylation is 1. The van der Waals surface area contributed by atoms with E-state index < -0.39 is 6.61 Å². The van der Waals surface area contributed by atoms with Crippen LogP contribution in [-0.4, -0.2) is 66.1 Å². The molecule has 1 aromatic carbocycles. The number of ether oxygens (including phenoxy) is 3. The molecule has 7 nitrogen and oxygen atoms in total. The Hall–Kier alpha value is -3.04. The number of fused-ring (bicyclic) bond motifs is 1. The van der Waals surface area contributed by atoms with E-state index in [1.807, 2.05) is 28.8 Å². The summed E-state index contributed by atoms with van der Waals surface area (Å²) in [6.07, 6.45) is 5.91. The van der Waals surface area contributed by atoms with Crippen molar-refractivity contribution in [2.75, 3.05) is 39.5 Å². The van der Waals surface area contributed by atoms with Crippen molar-refractivity contribution in [2.45, 2.75) is 32.8 Å². The van der Waals surface area contributed by atoms with Crippen LogP contribution in [0, 0.1) is 12.8 Å². The maximum atomic E-state index is 13.2. The first-order valence-corrected chi connectivity index (χ1v) is 12.0. The minimum Gasteiger partial charge on any atom is -0.492 e. The molecular weight excluding hydrogens is 456 g/mol. The Bertz CT molecular complexity index is 1200. The zero-order chi connectivity index (χ0) is 24.4. The van der Waals surface area contributed by atoms with Crippen LogP contribution in [0.3, 0.4) is 0 Å². The zero-order valence-corrected chi connectivity index (χ0v) is 19.7. The van der Waals surface area contributed by atoms with E-state index in [1.165, 1.54) is 6.07 Å². The number of aromatic nitrogens is 2. The predicted octanol–water partition coefficient (Wildman–Crippen LogP) is 4.60. The van der Waals surface area contributed by atoms with Gasteiger partial charge in [-0.2, -0.15) is 8.78 Å². The molecule has 2 aliphatic rings. The van der Waals surface area contributed by atoms with Crippen molar-refractivity contribution >= 4 is 11.4 Å². The van der Waals surface area contributed by atoms with Crippen LogP contribution in [0.1, 0.15) is 35.2 Å². The van der Waals surface area contributed by atoms with E-state index in [2.05, 4.69) is 9.88 Å². The second-order valence-corrected chi connectivity index (χ2v) is 9.15. The lowest BCUT2D eigenvalue weighted by molar-refractivity contribution is -0.0501. The van der Waals surface area contributed by atoms with Crippen molar-refractivity contribution in [3.63, 3.8) is 0 Å². The number of benzene rings is 1.